The lowest BCUT2D eigenvalue weighted by atomic mass is 9.95. The van der Waals surface area contributed by atoms with Crippen LogP contribution >= 0.6 is 0 Å². The molecular formula is C14H20FN3O2. The highest BCUT2D eigenvalue weighted by atomic mass is 19.1. The second-order valence-corrected chi connectivity index (χ2v) is 5.60. The van der Waals surface area contributed by atoms with Crippen LogP contribution in [0, 0.1) is 5.82 Å². The number of nitrogens with zero attached hydrogens (tertiary/aromatic N) is 2. The molecule has 5 nitrogen and oxygen atoms in total. The van der Waals surface area contributed by atoms with Crippen molar-refractivity contribution in [2.75, 3.05) is 13.1 Å². The van der Waals surface area contributed by atoms with Gasteiger partial charge in [-0.1, -0.05) is 17.3 Å². The van der Waals surface area contributed by atoms with E-state index in [1.165, 1.54) is 6.07 Å². The number of likely N-dealkylation sites (tertiary alicyclic amines) is 1. The van der Waals surface area contributed by atoms with Crippen molar-refractivity contribution in [3.8, 4) is 0 Å². The number of oxime groups is 1. The van der Waals surface area contributed by atoms with Crippen molar-refractivity contribution in [2.45, 2.75) is 31.9 Å². The highest BCUT2D eigenvalue weighted by molar-refractivity contribution is 5.97. The maximum atomic E-state index is 14.0. The van der Waals surface area contributed by atoms with E-state index in [9.17, 15) is 9.50 Å². The van der Waals surface area contributed by atoms with Gasteiger partial charge in [-0.05, 0) is 32.4 Å². The number of amidine groups is 1. The summed E-state index contributed by atoms with van der Waals surface area (Å²) in [5.41, 5.74) is 5.60. The van der Waals surface area contributed by atoms with Gasteiger partial charge in [0.15, 0.2) is 5.84 Å². The predicted molar refractivity (Wildman–Crippen MR) is 74.0 cm³/mol. The van der Waals surface area contributed by atoms with E-state index >= 15 is 0 Å². The monoisotopic (exact) mass is 281 g/mol. The lowest BCUT2D eigenvalue weighted by Gasteiger charge is -2.36. The van der Waals surface area contributed by atoms with Gasteiger partial charge in [0.1, 0.15) is 5.82 Å². The van der Waals surface area contributed by atoms with E-state index in [2.05, 4.69) is 5.16 Å². The van der Waals surface area contributed by atoms with Crippen LogP contribution in [0.4, 0.5) is 4.39 Å². The van der Waals surface area contributed by atoms with Crippen LogP contribution < -0.4 is 5.73 Å². The number of piperidine rings is 1. The Bertz CT molecular complexity index is 517. The molecule has 0 aromatic heterocycles. The zero-order valence-electron chi connectivity index (χ0n) is 11.5. The number of aliphatic hydroxyl groups is 1. The molecule has 1 aromatic rings. The Labute approximate surface area is 117 Å². The fraction of sp³-hybridized carbons (Fsp3) is 0.500. The third-order valence-electron chi connectivity index (χ3n) is 3.60. The number of hydrogen-bond donors (Lipinski definition) is 3. The van der Waals surface area contributed by atoms with Gasteiger partial charge in [0.25, 0.3) is 0 Å². The Hall–Kier alpha value is -1.66. The summed E-state index contributed by atoms with van der Waals surface area (Å²) in [4.78, 5) is 2.03. The summed E-state index contributed by atoms with van der Waals surface area (Å²) < 4.78 is 14.0. The highest BCUT2D eigenvalue weighted by Gasteiger charge is 2.28. The molecule has 1 saturated heterocycles. The maximum absolute atomic E-state index is 14.0. The van der Waals surface area contributed by atoms with Crippen molar-refractivity contribution in [1.29, 1.82) is 0 Å². The van der Waals surface area contributed by atoms with Gasteiger partial charge in [-0.3, -0.25) is 4.90 Å². The minimum atomic E-state index is -0.706. The quantitative estimate of drug-likeness (QED) is 0.337. The molecule has 1 fully saturated rings. The van der Waals surface area contributed by atoms with Gasteiger partial charge < -0.3 is 16.0 Å². The van der Waals surface area contributed by atoms with E-state index in [0.717, 1.165) is 19.4 Å². The molecule has 110 valence electrons. The lowest BCUT2D eigenvalue weighted by Crippen LogP contribution is -2.45. The molecule has 1 aliphatic rings. The average Bonchev–Trinajstić information content (AvgIpc) is 2.39. The SMILES string of the molecule is CC1(O)CCCN(Cc2ccc(/C(N)=N/O)cc2F)C1. The van der Waals surface area contributed by atoms with E-state index in [0.29, 0.717) is 24.2 Å². The van der Waals surface area contributed by atoms with Crippen LogP contribution in [0.1, 0.15) is 30.9 Å². The van der Waals surface area contributed by atoms with Crippen molar-refractivity contribution in [3.05, 3.63) is 35.1 Å². The van der Waals surface area contributed by atoms with E-state index in [4.69, 9.17) is 10.9 Å². The Kier molecular flexibility index (Phi) is 4.25. The first-order chi connectivity index (χ1) is 9.41. The first kappa shape index (κ1) is 14.7. The highest BCUT2D eigenvalue weighted by Crippen LogP contribution is 2.22. The van der Waals surface area contributed by atoms with Crippen LogP contribution in [-0.4, -0.2) is 39.7 Å². The van der Waals surface area contributed by atoms with Gasteiger partial charge in [-0.25, -0.2) is 4.39 Å². The number of nitrogens with two attached hydrogens (primary N) is 1. The molecule has 0 bridgehead atoms. The molecule has 20 heavy (non-hydrogen) atoms. The van der Waals surface area contributed by atoms with Crippen LogP contribution in [0.2, 0.25) is 0 Å². The number of benzene rings is 1. The molecular weight excluding hydrogens is 261 g/mol. The van der Waals surface area contributed by atoms with Gasteiger partial charge in [-0.2, -0.15) is 0 Å². The number of rotatable bonds is 3. The standard InChI is InChI=1S/C14H20FN3O2/c1-14(19)5-2-6-18(9-14)8-11-4-3-10(7-12(11)15)13(16)17-20/h3-4,7,19-20H,2,5-6,8-9H2,1H3,(H2,16,17). The molecule has 6 heteroatoms. The van der Waals surface area contributed by atoms with Crippen LogP contribution in [0.25, 0.3) is 0 Å². The summed E-state index contributed by atoms with van der Waals surface area (Å²) in [7, 11) is 0. The molecule has 1 atom stereocenters. The van der Waals surface area contributed by atoms with Gasteiger partial charge in [-0.15, -0.1) is 0 Å². The molecule has 1 aliphatic heterocycles. The second-order valence-electron chi connectivity index (χ2n) is 5.60. The van der Waals surface area contributed by atoms with Gasteiger partial charge in [0, 0.05) is 24.2 Å². The molecule has 0 amide bonds. The Morgan fingerprint density at radius 3 is 2.90 bits per heavy atom. The summed E-state index contributed by atoms with van der Waals surface area (Å²) in [5.74, 6) is -0.504. The molecule has 1 aromatic carbocycles. The smallest absolute Gasteiger partial charge is 0.170 e. The Morgan fingerprint density at radius 2 is 2.30 bits per heavy atom. The van der Waals surface area contributed by atoms with E-state index < -0.39 is 5.60 Å². The first-order valence-corrected chi connectivity index (χ1v) is 6.62. The maximum Gasteiger partial charge on any atom is 0.170 e. The van der Waals surface area contributed by atoms with Crippen molar-refractivity contribution in [2.24, 2.45) is 10.9 Å². The number of halogens is 1. The zero-order valence-corrected chi connectivity index (χ0v) is 11.5. The van der Waals surface area contributed by atoms with Gasteiger partial charge in [0.05, 0.1) is 5.60 Å². The molecule has 2 rings (SSSR count). The van der Waals surface area contributed by atoms with Crippen molar-refractivity contribution < 1.29 is 14.7 Å². The number of hydrogen-bond acceptors (Lipinski definition) is 4. The summed E-state index contributed by atoms with van der Waals surface area (Å²) in [6.45, 7) is 3.63. The average molecular weight is 281 g/mol. The van der Waals surface area contributed by atoms with Gasteiger partial charge >= 0.3 is 0 Å². The van der Waals surface area contributed by atoms with Crippen LogP contribution in [0.15, 0.2) is 23.4 Å². The van der Waals surface area contributed by atoms with E-state index in [1.807, 2.05) is 4.90 Å². The minimum absolute atomic E-state index is 0.114. The van der Waals surface area contributed by atoms with Crippen molar-refractivity contribution >= 4 is 5.84 Å². The summed E-state index contributed by atoms with van der Waals surface area (Å²) in [5, 5.41) is 21.5. The minimum Gasteiger partial charge on any atom is -0.409 e. The second kappa shape index (κ2) is 5.76. The van der Waals surface area contributed by atoms with Gasteiger partial charge in [0.2, 0.25) is 0 Å². The van der Waals surface area contributed by atoms with Crippen molar-refractivity contribution in [1.82, 2.24) is 4.90 Å². The molecule has 0 spiro atoms. The Morgan fingerprint density at radius 1 is 1.55 bits per heavy atom. The molecule has 4 N–H and O–H groups in total. The molecule has 0 saturated carbocycles. The fourth-order valence-electron chi connectivity index (χ4n) is 2.59. The lowest BCUT2D eigenvalue weighted by molar-refractivity contribution is -0.0184. The van der Waals surface area contributed by atoms with E-state index in [-0.39, 0.29) is 11.7 Å². The molecule has 0 aliphatic carbocycles. The van der Waals surface area contributed by atoms with E-state index in [1.54, 1.807) is 19.1 Å². The first-order valence-electron chi connectivity index (χ1n) is 6.62. The summed E-state index contributed by atoms with van der Waals surface area (Å²) in [6.07, 6.45) is 1.67. The van der Waals surface area contributed by atoms with Crippen LogP contribution in [0.3, 0.4) is 0 Å². The van der Waals surface area contributed by atoms with Crippen LogP contribution in [-0.2, 0) is 6.54 Å². The predicted octanol–water partition coefficient (Wildman–Crippen LogP) is 1.27. The molecule has 1 heterocycles. The summed E-state index contributed by atoms with van der Waals surface area (Å²) in [6, 6.07) is 4.51. The third-order valence-corrected chi connectivity index (χ3v) is 3.60. The fourth-order valence-corrected chi connectivity index (χ4v) is 2.59. The normalized spacial score (nSPS) is 24.9. The molecule has 1 unspecified atom stereocenters. The summed E-state index contributed by atoms with van der Waals surface area (Å²) >= 11 is 0. The van der Waals surface area contributed by atoms with Crippen molar-refractivity contribution in [3.63, 3.8) is 0 Å². The molecule has 0 radical (unpaired) electrons. The zero-order chi connectivity index (χ0) is 14.8. The number of β-amino-alcohol motifs (C(OH)–C–C–N with tert-alkyl or cyclic N) is 1. The third kappa shape index (κ3) is 3.46. The Balaban J connectivity index is 2.10. The van der Waals surface area contributed by atoms with Crippen LogP contribution in [0.5, 0.6) is 0 Å². The topological polar surface area (TPSA) is 82.1 Å². The largest absolute Gasteiger partial charge is 0.409 e.